The van der Waals surface area contributed by atoms with E-state index in [0.717, 1.165) is 16.3 Å². The molecule has 0 bridgehead atoms. The molecule has 5 nitrogen and oxygen atoms in total. The van der Waals surface area contributed by atoms with E-state index in [4.69, 9.17) is 4.74 Å². The van der Waals surface area contributed by atoms with Gasteiger partial charge < -0.3 is 15.0 Å². The third-order valence-corrected chi connectivity index (χ3v) is 5.05. The summed E-state index contributed by atoms with van der Waals surface area (Å²) >= 11 is 1.65. The van der Waals surface area contributed by atoms with Gasteiger partial charge in [0.1, 0.15) is 5.75 Å². The summed E-state index contributed by atoms with van der Waals surface area (Å²) in [4.78, 5) is 27.8. The second kappa shape index (κ2) is 8.27. The lowest BCUT2D eigenvalue weighted by atomic mass is 10.1. The van der Waals surface area contributed by atoms with Crippen molar-refractivity contribution in [1.29, 1.82) is 0 Å². The number of benzene rings is 2. The van der Waals surface area contributed by atoms with Gasteiger partial charge in [-0.05, 0) is 49.6 Å². The van der Waals surface area contributed by atoms with Gasteiger partial charge in [-0.15, -0.1) is 11.8 Å². The van der Waals surface area contributed by atoms with E-state index >= 15 is 0 Å². The van der Waals surface area contributed by atoms with E-state index in [1.54, 1.807) is 16.7 Å². The van der Waals surface area contributed by atoms with Crippen molar-refractivity contribution >= 4 is 35.0 Å². The van der Waals surface area contributed by atoms with E-state index in [1.165, 1.54) is 0 Å². The number of ether oxygens (including phenoxy) is 1. The van der Waals surface area contributed by atoms with Crippen molar-refractivity contribution in [2.24, 2.45) is 5.92 Å². The van der Waals surface area contributed by atoms with E-state index in [-0.39, 0.29) is 24.2 Å². The van der Waals surface area contributed by atoms with Crippen LogP contribution in [0.5, 0.6) is 5.75 Å². The highest BCUT2D eigenvalue weighted by Crippen LogP contribution is 2.33. The normalized spacial score (nSPS) is 16.6. The molecule has 3 rings (SSSR count). The quantitative estimate of drug-likeness (QED) is 0.786. The molecule has 6 heteroatoms. The molecule has 2 amide bonds. The van der Waals surface area contributed by atoms with Crippen LogP contribution in [0, 0.1) is 5.92 Å². The number of hydrogen-bond donors (Lipinski definition) is 1. The first-order valence-corrected chi connectivity index (χ1v) is 9.82. The Morgan fingerprint density at radius 3 is 2.65 bits per heavy atom. The maximum atomic E-state index is 12.6. The summed E-state index contributed by atoms with van der Waals surface area (Å²) in [6.45, 7) is 2.79. The lowest BCUT2D eigenvalue weighted by molar-refractivity contribution is -0.122. The molecule has 0 aliphatic carbocycles. The van der Waals surface area contributed by atoms with Crippen LogP contribution in [0.4, 0.5) is 11.4 Å². The summed E-state index contributed by atoms with van der Waals surface area (Å²) in [6, 6.07) is 15.1. The van der Waals surface area contributed by atoms with Crippen LogP contribution in [0.15, 0.2) is 53.4 Å². The second-order valence-corrected chi connectivity index (χ2v) is 6.90. The van der Waals surface area contributed by atoms with Gasteiger partial charge in [0, 0.05) is 23.5 Å². The molecule has 1 heterocycles. The summed E-state index contributed by atoms with van der Waals surface area (Å²) in [5.74, 6) is 0.0937. The minimum atomic E-state index is -0.377. The Kier molecular flexibility index (Phi) is 5.83. The van der Waals surface area contributed by atoms with Crippen molar-refractivity contribution in [2.45, 2.75) is 18.2 Å². The zero-order chi connectivity index (χ0) is 18.5. The minimum Gasteiger partial charge on any atom is -0.492 e. The molecule has 1 saturated heterocycles. The lowest BCUT2D eigenvalue weighted by Gasteiger charge is -2.20. The molecule has 0 unspecified atom stereocenters. The molecule has 1 atom stereocenters. The van der Waals surface area contributed by atoms with Crippen LogP contribution in [0.25, 0.3) is 0 Å². The fourth-order valence-electron chi connectivity index (χ4n) is 2.99. The zero-order valence-corrected chi connectivity index (χ0v) is 15.7. The van der Waals surface area contributed by atoms with E-state index < -0.39 is 0 Å². The molecular weight excluding hydrogens is 348 g/mol. The number of anilines is 2. The van der Waals surface area contributed by atoms with E-state index in [9.17, 15) is 9.59 Å². The number of hydrogen-bond acceptors (Lipinski definition) is 4. The van der Waals surface area contributed by atoms with Crippen molar-refractivity contribution in [3.8, 4) is 5.75 Å². The summed E-state index contributed by atoms with van der Waals surface area (Å²) < 4.78 is 5.61. The Bertz CT molecular complexity index is 792. The summed E-state index contributed by atoms with van der Waals surface area (Å²) in [5.41, 5.74) is 1.47. The third kappa shape index (κ3) is 4.02. The van der Waals surface area contributed by atoms with Crippen molar-refractivity contribution in [3.63, 3.8) is 0 Å². The summed E-state index contributed by atoms with van der Waals surface area (Å²) in [6.07, 6.45) is 2.21. The Balaban J connectivity index is 1.70. The third-order valence-electron chi connectivity index (χ3n) is 4.31. The largest absolute Gasteiger partial charge is 0.492 e. The summed E-state index contributed by atoms with van der Waals surface area (Å²) in [5, 5.41) is 2.91. The van der Waals surface area contributed by atoms with Crippen LogP contribution < -0.4 is 15.0 Å². The van der Waals surface area contributed by atoms with Gasteiger partial charge in [-0.2, -0.15) is 0 Å². The molecule has 0 spiro atoms. The molecule has 26 heavy (non-hydrogen) atoms. The number of thioether (sulfide) groups is 1. The molecule has 2 aromatic carbocycles. The molecule has 0 radical (unpaired) electrons. The average molecular weight is 370 g/mol. The van der Waals surface area contributed by atoms with Gasteiger partial charge in [0.2, 0.25) is 11.8 Å². The monoisotopic (exact) mass is 370 g/mol. The molecule has 1 N–H and O–H groups in total. The van der Waals surface area contributed by atoms with Crippen molar-refractivity contribution in [3.05, 3.63) is 48.5 Å². The Labute approximate surface area is 157 Å². The number of rotatable bonds is 6. The van der Waals surface area contributed by atoms with E-state index in [0.29, 0.717) is 18.9 Å². The highest BCUT2D eigenvalue weighted by Gasteiger charge is 2.36. The van der Waals surface area contributed by atoms with E-state index in [2.05, 4.69) is 5.32 Å². The van der Waals surface area contributed by atoms with Gasteiger partial charge in [-0.25, -0.2) is 0 Å². The van der Waals surface area contributed by atoms with E-state index in [1.807, 2.05) is 61.7 Å². The summed E-state index contributed by atoms with van der Waals surface area (Å²) in [7, 11) is 0. The van der Waals surface area contributed by atoms with Crippen LogP contribution in [0.1, 0.15) is 13.3 Å². The fourth-order valence-corrected chi connectivity index (χ4v) is 3.40. The molecule has 2 aromatic rings. The fraction of sp³-hybridized carbons (Fsp3) is 0.300. The van der Waals surface area contributed by atoms with Crippen molar-refractivity contribution < 1.29 is 14.3 Å². The standard InChI is InChI=1S/C20H22N2O3S/c1-3-25-18-7-5-4-6-17(18)22-13-14(12-19(22)23)20(24)21-15-8-10-16(26-2)11-9-15/h4-11,14H,3,12-13H2,1-2H3,(H,21,24)/t14-/m1/s1. The molecule has 136 valence electrons. The number of carbonyl (C=O) groups is 2. The zero-order valence-electron chi connectivity index (χ0n) is 14.9. The molecule has 1 fully saturated rings. The Hall–Kier alpha value is -2.47. The maximum Gasteiger partial charge on any atom is 0.229 e. The van der Waals surface area contributed by atoms with Crippen LogP contribution in [0.3, 0.4) is 0 Å². The average Bonchev–Trinajstić information content (AvgIpc) is 3.05. The van der Waals surface area contributed by atoms with Gasteiger partial charge in [0.15, 0.2) is 0 Å². The Morgan fingerprint density at radius 1 is 1.23 bits per heavy atom. The van der Waals surface area contributed by atoms with Gasteiger partial charge in [-0.1, -0.05) is 12.1 Å². The van der Waals surface area contributed by atoms with Gasteiger partial charge in [0.05, 0.1) is 18.2 Å². The second-order valence-electron chi connectivity index (χ2n) is 6.02. The predicted molar refractivity (Wildman–Crippen MR) is 105 cm³/mol. The highest BCUT2D eigenvalue weighted by atomic mass is 32.2. The van der Waals surface area contributed by atoms with Crippen LogP contribution >= 0.6 is 11.8 Å². The van der Waals surface area contributed by atoms with Gasteiger partial charge in [0.25, 0.3) is 0 Å². The van der Waals surface area contributed by atoms with Crippen molar-refractivity contribution in [2.75, 3.05) is 29.6 Å². The lowest BCUT2D eigenvalue weighted by Crippen LogP contribution is -2.28. The first kappa shape index (κ1) is 18.3. The molecule has 0 aromatic heterocycles. The predicted octanol–water partition coefficient (Wildman–Crippen LogP) is 3.80. The highest BCUT2D eigenvalue weighted by molar-refractivity contribution is 7.98. The van der Waals surface area contributed by atoms with Crippen LogP contribution in [-0.2, 0) is 9.59 Å². The Morgan fingerprint density at radius 2 is 1.96 bits per heavy atom. The van der Waals surface area contributed by atoms with Crippen LogP contribution in [-0.4, -0.2) is 31.2 Å². The van der Waals surface area contributed by atoms with Crippen LogP contribution in [0.2, 0.25) is 0 Å². The molecule has 1 aliphatic rings. The number of nitrogens with one attached hydrogen (secondary N) is 1. The van der Waals surface area contributed by atoms with Gasteiger partial charge in [-0.3, -0.25) is 9.59 Å². The molecule has 1 aliphatic heterocycles. The number of amides is 2. The number of nitrogens with zero attached hydrogens (tertiary/aromatic N) is 1. The number of para-hydroxylation sites is 2. The SMILES string of the molecule is CCOc1ccccc1N1C[C@H](C(=O)Nc2ccc(SC)cc2)CC1=O. The number of carbonyl (C=O) groups excluding carboxylic acids is 2. The maximum absolute atomic E-state index is 12.6. The first-order chi connectivity index (χ1) is 12.6. The molecular formula is C20H22N2O3S. The topological polar surface area (TPSA) is 58.6 Å². The first-order valence-electron chi connectivity index (χ1n) is 8.59. The van der Waals surface area contributed by atoms with Crippen molar-refractivity contribution in [1.82, 2.24) is 0 Å². The molecule has 0 saturated carbocycles. The smallest absolute Gasteiger partial charge is 0.229 e. The van der Waals surface area contributed by atoms with Gasteiger partial charge >= 0.3 is 0 Å². The minimum absolute atomic E-state index is 0.0602.